The monoisotopic (exact) mass is 187 g/mol. The van der Waals surface area contributed by atoms with Crippen molar-refractivity contribution in [3.8, 4) is 0 Å². The van der Waals surface area contributed by atoms with Crippen LogP contribution in [-0.2, 0) is 4.79 Å². The van der Waals surface area contributed by atoms with E-state index in [-0.39, 0.29) is 11.2 Å². The van der Waals surface area contributed by atoms with Crippen molar-refractivity contribution in [3.63, 3.8) is 0 Å². The van der Waals surface area contributed by atoms with Crippen molar-refractivity contribution in [2.45, 2.75) is 12.2 Å². The zero-order valence-electron chi connectivity index (χ0n) is 6.77. The standard InChI is InChI=1S/C6H9N3O2S/c1-3-4(10)9(2)6(12-3)8-5(7)11/h3H,1-2H3,(H2,7,11)/b8-6-. The van der Waals surface area contributed by atoms with Gasteiger partial charge < -0.3 is 5.73 Å². The van der Waals surface area contributed by atoms with Crippen molar-refractivity contribution in [1.29, 1.82) is 0 Å². The van der Waals surface area contributed by atoms with Crippen LogP contribution in [0.2, 0.25) is 0 Å². The molecule has 5 nitrogen and oxygen atoms in total. The molecule has 0 aromatic carbocycles. The van der Waals surface area contributed by atoms with E-state index in [4.69, 9.17) is 5.73 Å². The van der Waals surface area contributed by atoms with E-state index in [0.29, 0.717) is 5.17 Å². The molecule has 1 unspecified atom stereocenters. The third-order valence-corrected chi connectivity index (χ3v) is 2.58. The Balaban J connectivity index is 2.84. The Kier molecular flexibility index (Phi) is 2.37. The number of aliphatic imine (C=N–C) groups is 1. The van der Waals surface area contributed by atoms with Gasteiger partial charge in [-0.25, -0.2) is 4.79 Å². The van der Waals surface area contributed by atoms with Crippen molar-refractivity contribution >= 4 is 28.9 Å². The van der Waals surface area contributed by atoms with Gasteiger partial charge in [0.25, 0.3) is 0 Å². The van der Waals surface area contributed by atoms with Crippen molar-refractivity contribution in [1.82, 2.24) is 4.90 Å². The molecule has 0 bridgehead atoms. The molecule has 1 fully saturated rings. The van der Waals surface area contributed by atoms with Gasteiger partial charge >= 0.3 is 6.03 Å². The molecule has 0 saturated carbocycles. The van der Waals surface area contributed by atoms with Crippen LogP contribution in [-0.4, -0.2) is 34.3 Å². The number of hydrogen-bond acceptors (Lipinski definition) is 3. The van der Waals surface area contributed by atoms with Gasteiger partial charge in [-0.05, 0) is 6.92 Å². The summed E-state index contributed by atoms with van der Waals surface area (Å²) >= 11 is 1.24. The summed E-state index contributed by atoms with van der Waals surface area (Å²) in [5.74, 6) is -0.0556. The fraction of sp³-hybridized carbons (Fsp3) is 0.500. The number of rotatable bonds is 0. The van der Waals surface area contributed by atoms with Gasteiger partial charge in [0.15, 0.2) is 5.17 Å². The van der Waals surface area contributed by atoms with Crippen LogP contribution in [0, 0.1) is 0 Å². The Bertz CT molecular complexity index is 264. The molecule has 0 spiro atoms. The summed E-state index contributed by atoms with van der Waals surface area (Å²) in [7, 11) is 1.57. The number of primary amides is 1. The summed E-state index contributed by atoms with van der Waals surface area (Å²) in [6.07, 6.45) is 0. The average molecular weight is 187 g/mol. The Morgan fingerprint density at radius 3 is 2.67 bits per heavy atom. The Hall–Kier alpha value is -1.04. The minimum atomic E-state index is -0.772. The molecule has 0 aromatic heterocycles. The zero-order valence-corrected chi connectivity index (χ0v) is 7.59. The van der Waals surface area contributed by atoms with E-state index in [1.165, 1.54) is 16.7 Å². The van der Waals surface area contributed by atoms with Crippen LogP contribution in [0.1, 0.15) is 6.92 Å². The highest BCUT2D eigenvalue weighted by Gasteiger charge is 2.32. The molecule has 6 heteroatoms. The van der Waals surface area contributed by atoms with E-state index in [0.717, 1.165) is 0 Å². The molecular weight excluding hydrogens is 178 g/mol. The molecule has 66 valence electrons. The summed E-state index contributed by atoms with van der Waals surface area (Å²) in [4.78, 5) is 26.4. The fourth-order valence-electron chi connectivity index (χ4n) is 0.850. The molecule has 1 aliphatic heterocycles. The smallest absolute Gasteiger partial charge is 0.340 e. The van der Waals surface area contributed by atoms with Crippen LogP contribution in [0.5, 0.6) is 0 Å². The first-order valence-corrected chi connectivity index (χ1v) is 4.22. The van der Waals surface area contributed by atoms with Crippen molar-refractivity contribution < 1.29 is 9.59 Å². The van der Waals surface area contributed by atoms with Gasteiger partial charge in [-0.3, -0.25) is 9.69 Å². The lowest BCUT2D eigenvalue weighted by molar-refractivity contribution is -0.124. The molecule has 0 radical (unpaired) electrons. The van der Waals surface area contributed by atoms with Crippen molar-refractivity contribution in [2.24, 2.45) is 10.7 Å². The first-order valence-electron chi connectivity index (χ1n) is 3.34. The van der Waals surface area contributed by atoms with Crippen LogP contribution in [0.15, 0.2) is 4.99 Å². The second-order valence-corrected chi connectivity index (χ2v) is 3.70. The van der Waals surface area contributed by atoms with Crippen molar-refractivity contribution in [2.75, 3.05) is 7.05 Å². The fourth-order valence-corrected chi connectivity index (χ4v) is 1.82. The predicted molar refractivity (Wildman–Crippen MR) is 46.8 cm³/mol. The molecule has 12 heavy (non-hydrogen) atoms. The highest BCUT2D eigenvalue weighted by atomic mass is 32.2. The molecule has 1 saturated heterocycles. The Morgan fingerprint density at radius 1 is 1.75 bits per heavy atom. The highest BCUT2D eigenvalue weighted by molar-refractivity contribution is 8.15. The SMILES string of the molecule is CC1S/C(=N\C(N)=O)N(C)C1=O. The van der Waals surface area contributed by atoms with Gasteiger partial charge in [-0.1, -0.05) is 11.8 Å². The predicted octanol–water partition coefficient (Wildman–Crippen LogP) is 0.0148. The quantitative estimate of drug-likeness (QED) is 0.580. The molecular formula is C6H9N3O2S. The van der Waals surface area contributed by atoms with Gasteiger partial charge in [0, 0.05) is 7.05 Å². The topological polar surface area (TPSA) is 75.8 Å². The average Bonchev–Trinajstić information content (AvgIpc) is 2.17. The minimum Gasteiger partial charge on any atom is -0.350 e. The van der Waals surface area contributed by atoms with E-state index in [1.807, 2.05) is 0 Å². The normalized spacial score (nSPS) is 26.8. The summed E-state index contributed by atoms with van der Waals surface area (Å²) in [5, 5.41) is 0.202. The molecule has 1 atom stereocenters. The molecule has 1 rings (SSSR count). The van der Waals surface area contributed by atoms with Crippen molar-refractivity contribution in [3.05, 3.63) is 0 Å². The number of nitrogens with two attached hydrogens (primary N) is 1. The number of carbonyl (C=O) groups excluding carboxylic acids is 2. The number of hydrogen-bond donors (Lipinski definition) is 1. The van der Waals surface area contributed by atoms with Gasteiger partial charge in [-0.2, -0.15) is 4.99 Å². The van der Waals surface area contributed by atoms with Crippen LogP contribution < -0.4 is 5.73 Å². The first-order chi connectivity index (χ1) is 5.52. The highest BCUT2D eigenvalue weighted by Crippen LogP contribution is 2.24. The van der Waals surface area contributed by atoms with Gasteiger partial charge in [0.05, 0.1) is 5.25 Å². The van der Waals surface area contributed by atoms with E-state index in [9.17, 15) is 9.59 Å². The second kappa shape index (κ2) is 3.14. The largest absolute Gasteiger partial charge is 0.350 e. The molecule has 3 amide bonds. The summed E-state index contributed by atoms with van der Waals surface area (Å²) in [6.45, 7) is 1.76. The number of amidine groups is 1. The summed E-state index contributed by atoms with van der Waals surface area (Å²) < 4.78 is 0. The van der Waals surface area contributed by atoms with E-state index in [1.54, 1.807) is 14.0 Å². The minimum absolute atomic E-state index is 0.0556. The lowest BCUT2D eigenvalue weighted by Gasteiger charge is -2.06. The van der Waals surface area contributed by atoms with Gasteiger partial charge in [-0.15, -0.1) is 0 Å². The van der Waals surface area contributed by atoms with Gasteiger partial charge in [0.2, 0.25) is 5.91 Å². The summed E-state index contributed by atoms with van der Waals surface area (Å²) in [6, 6.07) is -0.772. The van der Waals surface area contributed by atoms with Crippen LogP contribution in [0.3, 0.4) is 0 Å². The third kappa shape index (κ3) is 1.58. The zero-order chi connectivity index (χ0) is 9.30. The molecule has 0 aliphatic carbocycles. The number of carbonyl (C=O) groups is 2. The number of urea groups is 1. The van der Waals surface area contributed by atoms with Crippen LogP contribution >= 0.6 is 11.8 Å². The van der Waals surface area contributed by atoms with E-state index >= 15 is 0 Å². The lowest BCUT2D eigenvalue weighted by Crippen LogP contribution is -2.27. The second-order valence-electron chi connectivity index (χ2n) is 2.39. The number of amides is 3. The molecule has 1 heterocycles. The maximum Gasteiger partial charge on any atom is 0.340 e. The van der Waals surface area contributed by atoms with Crippen LogP contribution in [0.25, 0.3) is 0 Å². The molecule has 1 aliphatic rings. The molecule has 0 aromatic rings. The Labute approximate surface area is 74.0 Å². The van der Waals surface area contributed by atoms with Gasteiger partial charge in [0.1, 0.15) is 0 Å². The maximum absolute atomic E-state index is 11.2. The number of thioether (sulfide) groups is 1. The Morgan fingerprint density at radius 2 is 2.33 bits per heavy atom. The summed E-state index contributed by atoms with van der Waals surface area (Å²) in [5.41, 5.74) is 4.85. The number of nitrogens with zero attached hydrogens (tertiary/aromatic N) is 2. The maximum atomic E-state index is 11.2. The lowest BCUT2D eigenvalue weighted by atomic mass is 10.4. The molecule has 2 N–H and O–H groups in total. The van der Waals surface area contributed by atoms with E-state index in [2.05, 4.69) is 4.99 Å². The van der Waals surface area contributed by atoms with Crippen LogP contribution in [0.4, 0.5) is 4.79 Å². The van der Waals surface area contributed by atoms with E-state index < -0.39 is 6.03 Å². The third-order valence-electron chi connectivity index (χ3n) is 1.45. The first kappa shape index (κ1) is 9.05.